The lowest BCUT2D eigenvalue weighted by Gasteiger charge is -2.19. The fraction of sp³-hybridized carbons (Fsp3) is 0.478. The van der Waals surface area contributed by atoms with E-state index in [9.17, 15) is 18.0 Å². The summed E-state index contributed by atoms with van der Waals surface area (Å²) in [6, 6.07) is 5.70. The Labute approximate surface area is 210 Å². The molecule has 0 aliphatic carbocycles. The van der Waals surface area contributed by atoms with E-state index in [1.54, 1.807) is 33.2 Å². The zero-order valence-electron chi connectivity index (χ0n) is 20.8. The monoisotopic (exact) mass is 521 g/mol. The molecular weight excluding hydrogens is 490 g/mol. The van der Waals surface area contributed by atoms with Gasteiger partial charge in [-0.15, -0.1) is 0 Å². The maximum Gasteiger partial charge on any atom is 0.421 e. The van der Waals surface area contributed by atoms with Crippen molar-refractivity contribution in [2.24, 2.45) is 0 Å². The summed E-state index contributed by atoms with van der Waals surface area (Å²) < 4.78 is 42.7. The van der Waals surface area contributed by atoms with Crippen molar-refractivity contribution in [3.63, 3.8) is 0 Å². The van der Waals surface area contributed by atoms with Crippen LogP contribution in [0.2, 0.25) is 0 Å². The molecule has 1 aliphatic rings. The van der Waals surface area contributed by atoms with E-state index in [0.717, 1.165) is 5.56 Å². The summed E-state index contributed by atoms with van der Waals surface area (Å²) in [6.45, 7) is 8.89. The molecule has 1 aliphatic heterocycles. The Bertz CT molecular complexity index is 1160. The molecular formula is C23H31N5O7S. The van der Waals surface area contributed by atoms with Crippen LogP contribution in [0.1, 0.15) is 52.7 Å². The molecule has 196 valence electrons. The molecule has 0 unspecified atom stereocenters. The van der Waals surface area contributed by atoms with Crippen LogP contribution in [0.4, 0.5) is 21.2 Å². The maximum atomic E-state index is 12.4. The predicted octanol–water partition coefficient (Wildman–Crippen LogP) is 3.40. The van der Waals surface area contributed by atoms with Gasteiger partial charge in [0.2, 0.25) is 5.95 Å². The zero-order valence-corrected chi connectivity index (χ0v) is 21.6. The minimum Gasteiger partial charge on any atom is -0.444 e. The molecule has 13 heteroatoms. The average Bonchev–Trinajstić information content (AvgIpc) is 3.20. The molecule has 0 saturated carbocycles. The summed E-state index contributed by atoms with van der Waals surface area (Å²) in [5, 5.41) is 5.65. The van der Waals surface area contributed by atoms with Crippen LogP contribution in [0.25, 0.3) is 0 Å². The Morgan fingerprint density at radius 1 is 1.08 bits per heavy atom. The third-order valence-corrected chi connectivity index (χ3v) is 6.05. The summed E-state index contributed by atoms with van der Waals surface area (Å²) in [5.74, 6) is 0.295. The standard InChI is InChI=1S/C23H31N5O7S/c1-14(2)26-21(29)34-17-10-19(33-13-17)15-11-24-20(25-12-15)27-16-6-8-18(9-7-16)36(31,32)28-22(30)35-23(3,4)5/h6-9,11-12,14,17,19H,10,13H2,1-5H3,(H,26,29)(H,28,30)(H,24,25,27)/t17-,19-/m1/s1. The number of carbonyl (C=O) groups is 2. The van der Waals surface area contributed by atoms with E-state index in [2.05, 4.69) is 20.6 Å². The Morgan fingerprint density at radius 3 is 2.31 bits per heavy atom. The van der Waals surface area contributed by atoms with Gasteiger partial charge in [0.05, 0.1) is 17.6 Å². The van der Waals surface area contributed by atoms with Gasteiger partial charge in [0.15, 0.2) is 0 Å². The number of nitrogens with one attached hydrogen (secondary N) is 3. The summed E-state index contributed by atoms with van der Waals surface area (Å²) in [4.78, 5) is 32.0. The molecule has 12 nitrogen and oxygen atoms in total. The van der Waals surface area contributed by atoms with Gasteiger partial charge in [0.25, 0.3) is 10.0 Å². The van der Waals surface area contributed by atoms with Crippen LogP contribution < -0.4 is 15.4 Å². The third-order valence-electron chi connectivity index (χ3n) is 4.72. The van der Waals surface area contributed by atoms with Gasteiger partial charge >= 0.3 is 12.2 Å². The van der Waals surface area contributed by atoms with Crippen LogP contribution >= 0.6 is 0 Å². The van der Waals surface area contributed by atoms with Crippen molar-refractivity contribution in [3.05, 3.63) is 42.2 Å². The van der Waals surface area contributed by atoms with Gasteiger partial charge in [-0.25, -0.2) is 32.7 Å². The zero-order chi connectivity index (χ0) is 26.5. The van der Waals surface area contributed by atoms with E-state index >= 15 is 0 Å². The molecule has 2 atom stereocenters. The fourth-order valence-corrected chi connectivity index (χ4v) is 4.09. The molecule has 3 rings (SSSR count). The number of alkyl carbamates (subject to hydrolysis) is 1. The number of benzene rings is 1. The summed E-state index contributed by atoms with van der Waals surface area (Å²) in [5.41, 5.74) is 0.456. The number of hydrogen-bond acceptors (Lipinski definition) is 10. The summed E-state index contributed by atoms with van der Waals surface area (Å²) >= 11 is 0. The molecule has 1 saturated heterocycles. The number of sulfonamides is 1. The van der Waals surface area contributed by atoms with E-state index in [-0.39, 0.29) is 29.8 Å². The molecule has 2 amide bonds. The van der Waals surface area contributed by atoms with Gasteiger partial charge in [-0.05, 0) is 58.9 Å². The highest BCUT2D eigenvalue weighted by Crippen LogP contribution is 2.30. The molecule has 1 aromatic heterocycles. The van der Waals surface area contributed by atoms with E-state index in [1.165, 1.54) is 24.3 Å². The number of ether oxygens (including phenoxy) is 3. The average molecular weight is 522 g/mol. The molecule has 2 aromatic rings. The van der Waals surface area contributed by atoms with Gasteiger partial charge in [-0.2, -0.15) is 0 Å². The van der Waals surface area contributed by atoms with Crippen molar-refractivity contribution in [3.8, 4) is 0 Å². The first-order chi connectivity index (χ1) is 16.8. The van der Waals surface area contributed by atoms with Crippen molar-refractivity contribution < 1.29 is 32.2 Å². The number of rotatable bonds is 7. The molecule has 1 fully saturated rings. The number of aromatic nitrogens is 2. The van der Waals surface area contributed by atoms with E-state index in [0.29, 0.717) is 18.1 Å². The van der Waals surface area contributed by atoms with Gasteiger partial charge < -0.3 is 24.8 Å². The molecule has 2 heterocycles. The second-order valence-electron chi connectivity index (χ2n) is 9.48. The molecule has 36 heavy (non-hydrogen) atoms. The minimum atomic E-state index is -4.09. The van der Waals surface area contributed by atoms with Crippen molar-refractivity contribution in [1.82, 2.24) is 20.0 Å². The van der Waals surface area contributed by atoms with Crippen LogP contribution in [0.15, 0.2) is 41.6 Å². The number of anilines is 2. The van der Waals surface area contributed by atoms with E-state index in [1.807, 2.05) is 18.6 Å². The molecule has 0 bridgehead atoms. The first kappa shape index (κ1) is 27.1. The second kappa shape index (κ2) is 11.1. The van der Waals surface area contributed by atoms with Crippen LogP contribution in [-0.2, 0) is 24.2 Å². The normalized spacial score (nSPS) is 17.9. The Kier molecular flexibility index (Phi) is 8.35. The molecule has 1 aromatic carbocycles. The van der Waals surface area contributed by atoms with E-state index in [4.69, 9.17) is 14.2 Å². The second-order valence-corrected chi connectivity index (χ2v) is 11.2. The number of carbonyl (C=O) groups excluding carboxylic acids is 2. The molecule has 0 spiro atoms. The van der Waals surface area contributed by atoms with Gasteiger partial charge in [0, 0.05) is 36.1 Å². The van der Waals surface area contributed by atoms with Crippen LogP contribution in [0.5, 0.6) is 0 Å². The quantitative estimate of drug-likeness (QED) is 0.493. The minimum absolute atomic E-state index is 0.0152. The highest BCUT2D eigenvalue weighted by Gasteiger charge is 2.30. The SMILES string of the molecule is CC(C)NC(=O)O[C@H]1CO[C@@H](c2cnc(Nc3ccc(S(=O)(=O)NC(=O)OC(C)(C)C)cc3)nc2)C1. The van der Waals surface area contributed by atoms with Gasteiger partial charge in [0.1, 0.15) is 11.7 Å². The van der Waals surface area contributed by atoms with Gasteiger partial charge in [-0.3, -0.25) is 0 Å². The Hall–Kier alpha value is -3.45. The van der Waals surface area contributed by atoms with Crippen LogP contribution in [-0.4, -0.2) is 54.9 Å². The lowest BCUT2D eigenvalue weighted by atomic mass is 10.1. The topological polar surface area (TPSA) is 158 Å². The lowest BCUT2D eigenvalue weighted by molar-refractivity contribution is 0.0570. The van der Waals surface area contributed by atoms with Crippen molar-refractivity contribution in [2.45, 2.75) is 69.8 Å². The lowest BCUT2D eigenvalue weighted by Crippen LogP contribution is -2.36. The van der Waals surface area contributed by atoms with Gasteiger partial charge in [-0.1, -0.05) is 0 Å². The first-order valence-corrected chi connectivity index (χ1v) is 12.8. The third kappa shape index (κ3) is 8.05. The smallest absolute Gasteiger partial charge is 0.421 e. The Morgan fingerprint density at radius 2 is 1.72 bits per heavy atom. The summed E-state index contributed by atoms with van der Waals surface area (Å²) in [6.07, 6.45) is 1.54. The molecule has 3 N–H and O–H groups in total. The van der Waals surface area contributed by atoms with Crippen LogP contribution in [0.3, 0.4) is 0 Å². The number of hydrogen-bond donors (Lipinski definition) is 3. The van der Waals surface area contributed by atoms with Crippen molar-refractivity contribution >= 4 is 33.8 Å². The van der Waals surface area contributed by atoms with Crippen molar-refractivity contribution in [1.29, 1.82) is 0 Å². The largest absolute Gasteiger partial charge is 0.444 e. The number of nitrogens with zero attached hydrogens (tertiary/aromatic N) is 2. The Balaban J connectivity index is 1.55. The van der Waals surface area contributed by atoms with E-state index < -0.39 is 27.8 Å². The highest BCUT2D eigenvalue weighted by atomic mass is 32.2. The molecule has 0 radical (unpaired) electrons. The predicted molar refractivity (Wildman–Crippen MR) is 130 cm³/mol. The first-order valence-electron chi connectivity index (χ1n) is 11.3. The number of amides is 2. The maximum absolute atomic E-state index is 12.4. The fourth-order valence-electron chi connectivity index (χ4n) is 3.22. The van der Waals surface area contributed by atoms with Crippen molar-refractivity contribution in [2.75, 3.05) is 11.9 Å². The summed E-state index contributed by atoms with van der Waals surface area (Å²) in [7, 11) is -4.09. The van der Waals surface area contributed by atoms with Crippen LogP contribution in [0, 0.1) is 0 Å². The highest BCUT2D eigenvalue weighted by molar-refractivity contribution is 7.90.